The monoisotopic (exact) mass is 365 g/mol. The smallest absolute Gasteiger partial charge is 0.243 e. The van der Waals surface area contributed by atoms with E-state index in [0.717, 1.165) is 25.7 Å². The topological polar surface area (TPSA) is 69.7 Å². The third-order valence-electron chi connectivity index (χ3n) is 5.23. The summed E-state index contributed by atoms with van der Waals surface area (Å²) >= 11 is 0. The van der Waals surface area contributed by atoms with Crippen molar-refractivity contribution in [2.45, 2.75) is 49.1 Å². The lowest BCUT2D eigenvalue weighted by Crippen LogP contribution is -2.56. The number of carbonyl (C=O) groups is 1. The molecule has 2 heterocycles. The second-order valence-electron chi connectivity index (χ2n) is 6.85. The normalized spacial score (nSPS) is 25.7. The van der Waals surface area contributed by atoms with Crippen LogP contribution in [0.2, 0.25) is 0 Å². The van der Waals surface area contributed by atoms with Crippen LogP contribution in [0.3, 0.4) is 0 Å². The summed E-state index contributed by atoms with van der Waals surface area (Å²) in [6.45, 7) is 1.79. The van der Waals surface area contributed by atoms with Crippen LogP contribution in [0.25, 0.3) is 0 Å². The molecular weight excluding hydrogens is 338 g/mol. The molecule has 0 aliphatic carbocycles. The molecule has 0 spiro atoms. The molecule has 3 rings (SSSR count). The number of hydrogen-bond donors (Lipinski definition) is 1. The Kier molecular flexibility index (Phi) is 5.76. The van der Waals surface area contributed by atoms with Crippen molar-refractivity contribution in [3.63, 3.8) is 0 Å². The van der Waals surface area contributed by atoms with Crippen molar-refractivity contribution in [2.75, 3.05) is 26.7 Å². The van der Waals surface area contributed by atoms with Crippen molar-refractivity contribution < 1.29 is 13.2 Å². The van der Waals surface area contributed by atoms with Crippen LogP contribution in [0, 0.1) is 0 Å². The highest BCUT2D eigenvalue weighted by atomic mass is 32.2. The maximum Gasteiger partial charge on any atom is 0.243 e. The zero-order chi connectivity index (χ0) is 17.9. The molecule has 2 aliphatic heterocycles. The van der Waals surface area contributed by atoms with Gasteiger partial charge in [0.05, 0.1) is 4.90 Å². The molecule has 6 nitrogen and oxygen atoms in total. The SMILES string of the molecule is CNC1CCCN(C(=O)C2CCCCN2S(=O)(=O)c2ccccc2)C1. The molecule has 1 N–H and O–H groups in total. The van der Waals surface area contributed by atoms with Crippen LogP contribution in [0.4, 0.5) is 0 Å². The molecule has 7 heteroatoms. The number of rotatable bonds is 4. The van der Waals surface area contributed by atoms with Crippen molar-refractivity contribution in [1.82, 2.24) is 14.5 Å². The first-order chi connectivity index (χ1) is 12.0. The van der Waals surface area contributed by atoms with Crippen LogP contribution in [0.15, 0.2) is 35.2 Å². The second kappa shape index (κ2) is 7.85. The number of hydrogen-bond acceptors (Lipinski definition) is 4. The summed E-state index contributed by atoms with van der Waals surface area (Å²) in [4.78, 5) is 15.2. The summed E-state index contributed by atoms with van der Waals surface area (Å²) < 4.78 is 27.5. The number of likely N-dealkylation sites (N-methyl/N-ethyl adjacent to an activating group) is 1. The predicted molar refractivity (Wildman–Crippen MR) is 96.6 cm³/mol. The van der Waals surface area contributed by atoms with Gasteiger partial charge in [-0.2, -0.15) is 4.31 Å². The number of amides is 1. The zero-order valence-corrected chi connectivity index (χ0v) is 15.5. The van der Waals surface area contributed by atoms with Crippen LogP contribution < -0.4 is 5.32 Å². The van der Waals surface area contributed by atoms with Crippen molar-refractivity contribution in [3.8, 4) is 0 Å². The minimum atomic E-state index is -3.64. The number of benzene rings is 1. The third kappa shape index (κ3) is 3.88. The summed E-state index contributed by atoms with van der Waals surface area (Å²) in [6.07, 6.45) is 4.30. The fraction of sp³-hybridized carbons (Fsp3) is 0.611. The summed E-state index contributed by atoms with van der Waals surface area (Å²) in [5, 5.41) is 3.23. The number of nitrogens with zero attached hydrogens (tertiary/aromatic N) is 2. The molecule has 0 aromatic heterocycles. The maximum absolute atomic E-state index is 13.1. The molecule has 0 saturated carbocycles. The van der Waals surface area contributed by atoms with Gasteiger partial charge >= 0.3 is 0 Å². The molecule has 1 aromatic rings. The zero-order valence-electron chi connectivity index (χ0n) is 14.7. The van der Waals surface area contributed by atoms with Crippen molar-refractivity contribution in [3.05, 3.63) is 30.3 Å². The Morgan fingerprint density at radius 3 is 2.56 bits per heavy atom. The molecule has 1 amide bonds. The first kappa shape index (κ1) is 18.4. The Balaban J connectivity index is 1.82. The molecule has 0 bridgehead atoms. The molecule has 25 heavy (non-hydrogen) atoms. The Morgan fingerprint density at radius 1 is 1.08 bits per heavy atom. The number of sulfonamides is 1. The largest absolute Gasteiger partial charge is 0.340 e. The van der Waals surface area contributed by atoms with Crippen molar-refractivity contribution in [1.29, 1.82) is 0 Å². The maximum atomic E-state index is 13.1. The van der Waals surface area contributed by atoms with E-state index in [1.807, 2.05) is 11.9 Å². The van der Waals surface area contributed by atoms with Gasteiger partial charge in [0.15, 0.2) is 0 Å². The molecule has 138 valence electrons. The lowest BCUT2D eigenvalue weighted by molar-refractivity contribution is -0.137. The second-order valence-corrected chi connectivity index (χ2v) is 8.74. The first-order valence-corrected chi connectivity index (χ1v) is 10.5. The predicted octanol–water partition coefficient (Wildman–Crippen LogP) is 1.44. The summed E-state index contributed by atoms with van der Waals surface area (Å²) in [5.41, 5.74) is 0. The number of nitrogens with one attached hydrogen (secondary N) is 1. The van der Waals surface area contributed by atoms with Gasteiger partial charge in [0.1, 0.15) is 6.04 Å². The van der Waals surface area contributed by atoms with E-state index in [2.05, 4.69) is 5.32 Å². The van der Waals surface area contributed by atoms with Gasteiger partial charge < -0.3 is 10.2 Å². The first-order valence-electron chi connectivity index (χ1n) is 9.07. The van der Waals surface area contributed by atoms with Crippen LogP contribution in [-0.4, -0.2) is 62.3 Å². The van der Waals surface area contributed by atoms with E-state index in [1.54, 1.807) is 30.3 Å². The van der Waals surface area contributed by atoms with E-state index in [1.165, 1.54) is 4.31 Å². The molecule has 2 atom stereocenters. The van der Waals surface area contributed by atoms with E-state index in [9.17, 15) is 13.2 Å². The van der Waals surface area contributed by atoms with Gasteiger partial charge in [0, 0.05) is 25.7 Å². The van der Waals surface area contributed by atoms with Crippen LogP contribution in [0.5, 0.6) is 0 Å². The van der Waals surface area contributed by atoms with Crippen molar-refractivity contribution >= 4 is 15.9 Å². The standard InChI is InChI=1S/C18H27N3O3S/c1-19-15-8-7-12-20(14-15)18(22)17-11-5-6-13-21(17)25(23,24)16-9-3-2-4-10-16/h2-4,9-10,15,17,19H,5-8,11-14H2,1H3. The van der Waals surface area contributed by atoms with Gasteiger partial charge in [-0.3, -0.25) is 4.79 Å². The molecule has 2 aliphatic rings. The summed E-state index contributed by atoms with van der Waals surface area (Å²) in [5.74, 6) is -0.0424. The molecule has 2 unspecified atom stereocenters. The van der Waals surface area contributed by atoms with Crippen LogP contribution in [0.1, 0.15) is 32.1 Å². The lowest BCUT2D eigenvalue weighted by atomic mass is 10.0. The third-order valence-corrected chi connectivity index (χ3v) is 7.15. The lowest BCUT2D eigenvalue weighted by Gasteiger charge is -2.39. The van der Waals surface area contributed by atoms with Gasteiger partial charge in [-0.05, 0) is 44.9 Å². The quantitative estimate of drug-likeness (QED) is 0.877. The number of piperidine rings is 2. The molecule has 2 fully saturated rings. The van der Waals surface area contributed by atoms with Gasteiger partial charge in [0.2, 0.25) is 15.9 Å². The Morgan fingerprint density at radius 2 is 1.84 bits per heavy atom. The summed E-state index contributed by atoms with van der Waals surface area (Å²) in [6, 6.07) is 8.15. The molecular formula is C18H27N3O3S. The van der Waals surface area contributed by atoms with Crippen LogP contribution >= 0.6 is 0 Å². The molecule has 1 aromatic carbocycles. The van der Waals surface area contributed by atoms with E-state index in [0.29, 0.717) is 32.1 Å². The van der Waals surface area contributed by atoms with Gasteiger partial charge in [-0.15, -0.1) is 0 Å². The Bertz CT molecular complexity index is 693. The highest BCUT2D eigenvalue weighted by Gasteiger charge is 2.40. The van der Waals surface area contributed by atoms with Crippen LogP contribution in [-0.2, 0) is 14.8 Å². The van der Waals surface area contributed by atoms with E-state index in [4.69, 9.17) is 0 Å². The van der Waals surface area contributed by atoms with E-state index < -0.39 is 16.1 Å². The fourth-order valence-electron chi connectivity index (χ4n) is 3.79. The van der Waals surface area contributed by atoms with Gasteiger partial charge in [0.25, 0.3) is 0 Å². The van der Waals surface area contributed by atoms with Gasteiger partial charge in [-0.25, -0.2) is 8.42 Å². The number of carbonyl (C=O) groups excluding carboxylic acids is 1. The highest BCUT2D eigenvalue weighted by molar-refractivity contribution is 7.89. The van der Waals surface area contributed by atoms with Gasteiger partial charge in [-0.1, -0.05) is 24.6 Å². The highest BCUT2D eigenvalue weighted by Crippen LogP contribution is 2.27. The molecule has 2 saturated heterocycles. The average molecular weight is 365 g/mol. The minimum absolute atomic E-state index is 0.0424. The molecule has 0 radical (unpaired) electrons. The fourth-order valence-corrected chi connectivity index (χ4v) is 5.46. The Labute approximate surface area is 150 Å². The summed E-state index contributed by atoms with van der Waals surface area (Å²) in [7, 11) is -1.74. The van der Waals surface area contributed by atoms with Crippen molar-refractivity contribution in [2.24, 2.45) is 0 Å². The number of likely N-dealkylation sites (tertiary alicyclic amines) is 1. The van der Waals surface area contributed by atoms with E-state index >= 15 is 0 Å². The minimum Gasteiger partial charge on any atom is -0.340 e. The average Bonchev–Trinajstić information content (AvgIpc) is 2.68. The van der Waals surface area contributed by atoms with E-state index in [-0.39, 0.29) is 10.8 Å². The Hall–Kier alpha value is -1.44.